The highest BCUT2D eigenvalue weighted by atomic mass is 19.1. The van der Waals surface area contributed by atoms with E-state index in [1.165, 1.54) is 17.7 Å². The van der Waals surface area contributed by atoms with E-state index in [9.17, 15) is 14.0 Å². The molecular weight excluding hydrogens is 465 g/mol. The molecule has 5 nitrogen and oxygen atoms in total. The highest BCUT2D eigenvalue weighted by molar-refractivity contribution is 6.02. The van der Waals surface area contributed by atoms with Crippen molar-refractivity contribution < 1.29 is 14.0 Å². The SMILES string of the molecule is CC(C)CNC(=O)c1cc(NC(=O)Cc2ccc(F)cc2)ccc1N1CCC(Cc2ccccc2)CC1. The van der Waals surface area contributed by atoms with E-state index in [2.05, 4.69) is 53.6 Å². The summed E-state index contributed by atoms with van der Waals surface area (Å²) in [6.45, 7) is 6.48. The lowest BCUT2D eigenvalue weighted by Gasteiger charge is -2.35. The number of carbonyl (C=O) groups excluding carboxylic acids is 2. The molecule has 37 heavy (non-hydrogen) atoms. The second-order valence-electron chi connectivity index (χ2n) is 10.3. The van der Waals surface area contributed by atoms with Gasteiger partial charge in [-0.2, -0.15) is 0 Å². The van der Waals surface area contributed by atoms with Crippen molar-refractivity contribution in [2.75, 3.05) is 29.9 Å². The number of halogens is 1. The molecule has 6 heteroatoms. The van der Waals surface area contributed by atoms with Crippen molar-refractivity contribution >= 4 is 23.2 Å². The summed E-state index contributed by atoms with van der Waals surface area (Å²) >= 11 is 0. The summed E-state index contributed by atoms with van der Waals surface area (Å²) in [5.74, 6) is 0.280. The first kappa shape index (κ1) is 26.4. The smallest absolute Gasteiger partial charge is 0.253 e. The van der Waals surface area contributed by atoms with Gasteiger partial charge in [0.15, 0.2) is 0 Å². The Morgan fingerprint density at radius 2 is 1.65 bits per heavy atom. The van der Waals surface area contributed by atoms with E-state index < -0.39 is 0 Å². The van der Waals surface area contributed by atoms with E-state index in [1.54, 1.807) is 18.2 Å². The van der Waals surface area contributed by atoms with E-state index in [0.717, 1.165) is 43.6 Å². The van der Waals surface area contributed by atoms with Crippen molar-refractivity contribution in [1.82, 2.24) is 5.32 Å². The fourth-order valence-electron chi connectivity index (χ4n) is 4.78. The van der Waals surface area contributed by atoms with Crippen LogP contribution in [0.4, 0.5) is 15.8 Å². The second-order valence-corrected chi connectivity index (χ2v) is 10.3. The quantitative estimate of drug-likeness (QED) is 0.387. The van der Waals surface area contributed by atoms with Crippen LogP contribution in [0.25, 0.3) is 0 Å². The Bertz CT molecular complexity index is 1190. The average molecular weight is 502 g/mol. The lowest BCUT2D eigenvalue weighted by Crippen LogP contribution is -2.36. The molecule has 3 aromatic carbocycles. The number of carbonyl (C=O) groups is 2. The molecule has 1 fully saturated rings. The van der Waals surface area contributed by atoms with Crippen LogP contribution in [0, 0.1) is 17.7 Å². The zero-order chi connectivity index (χ0) is 26.2. The van der Waals surface area contributed by atoms with Crippen LogP contribution in [0.3, 0.4) is 0 Å². The maximum atomic E-state index is 13.2. The third kappa shape index (κ3) is 7.66. The van der Waals surface area contributed by atoms with Gasteiger partial charge < -0.3 is 15.5 Å². The number of amides is 2. The van der Waals surface area contributed by atoms with Gasteiger partial charge in [-0.1, -0.05) is 56.3 Å². The molecule has 3 aromatic rings. The molecule has 0 aromatic heterocycles. The number of nitrogens with zero attached hydrogens (tertiary/aromatic N) is 1. The first-order valence-corrected chi connectivity index (χ1v) is 13.1. The van der Waals surface area contributed by atoms with E-state index in [4.69, 9.17) is 0 Å². The Hall–Kier alpha value is -3.67. The number of rotatable bonds is 9. The van der Waals surface area contributed by atoms with Crippen LogP contribution in [0.5, 0.6) is 0 Å². The van der Waals surface area contributed by atoms with E-state index in [-0.39, 0.29) is 24.1 Å². The fourth-order valence-corrected chi connectivity index (χ4v) is 4.78. The number of hydrogen-bond acceptors (Lipinski definition) is 3. The molecule has 0 bridgehead atoms. The van der Waals surface area contributed by atoms with Gasteiger partial charge in [0.2, 0.25) is 5.91 Å². The first-order chi connectivity index (χ1) is 17.9. The molecule has 2 amide bonds. The molecule has 0 unspecified atom stereocenters. The summed E-state index contributed by atoms with van der Waals surface area (Å²) in [5, 5.41) is 5.93. The van der Waals surface area contributed by atoms with Gasteiger partial charge in [-0.15, -0.1) is 0 Å². The molecule has 4 rings (SSSR count). The predicted molar refractivity (Wildman–Crippen MR) is 147 cm³/mol. The summed E-state index contributed by atoms with van der Waals surface area (Å²) in [6, 6.07) is 22.1. The van der Waals surface area contributed by atoms with Crippen LogP contribution < -0.4 is 15.5 Å². The van der Waals surface area contributed by atoms with Gasteiger partial charge in [0.05, 0.1) is 12.0 Å². The number of hydrogen-bond donors (Lipinski definition) is 2. The molecule has 2 N–H and O–H groups in total. The Morgan fingerprint density at radius 1 is 0.946 bits per heavy atom. The maximum Gasteiger partial charge on any atom is 0.253 e. The van der Waals surface area contributed by atoms with Gasteiger partial charge in [-0.25, -0.2) is 4.39 Å². The minimum Gasteiger partial charge on any atom is -0.371 e. The Balaban J connectivity index is 1.46. The van der Waals surface area contributed by atoms with Crippen molar-refractivity contribution in [1.29, 1.82) is 0 Å². The molecule has 194 valence electrons. The number of piperidine rings is 1. The average Bonchev–Trinajstić information content (AvgIpc) is 2.89. The molecule has 0 saturated carbocycles. The Kier molecular flexibility index (Phi) is 8.94. The summed E-state index contributed by atoms with van der Waals surface area (Å²) < 4.78 is 13.2. The summed E-state index contributed by atoms with van der Waals surface area (Å²) in [7, 11) is 0. The minimum absolute atomic E-state index is 0.131. The van der Waals surface area contributed by atoms with Gasteiger partial charge >= 0.3 is 0 Å². The first-order valence-electron chi connectivity index (χ1n) is 13.1. The highest BCUT2D eigenvalue weighted by Crippen LogP contribution is 2.30. The monoisotopic (exact) mass is 501 g/mol. The van der Waals surface area contributed by atoms with Gasteiger partial charge in [0, 0.05) is 31.0 Å². The van der Waals surface area contributed by atoms with Crippen molar-refractivity contribution in [3.05, 3.63) is 95.3 Å². The van der Waals surface area contributed by atoms with Crippen molar-refractivity contribution in [3.63, 3.8) is 0 Å². The van der Waals surface area contributed by atoms with Crippen LogP contribution in [0.2, 0.25) is 0 Å². The summed E-state index contributed by atoms with van der Waals surface area (Å²) in [6.07, 6.45) is 3.34. The van der Waals surface area contributed by atoms with Crippen LogP contribution in [-0.4, -0.2) is 31.4 Å². The Labute approximate surface area is 219 Å². The number of anilines is 2. The molecule has 1 aliphatic rings. The maximum absolute atomic E-state index is 13.2. The zero-order valence-electron chi connectivity index (χ0n) is 21.7. The largest absolute Gasteiger partial charge is 0.371 e. The lowest BCUT2D eigenvalue weighted by molar-refractivity contribution is -0.115. The number of benzene rings is 3. The van der Waals surface area contributed by atoms with Crippen LogP contribution >= 0.6 is 0 Å². The van der Waals surface area contributed by atoms with Crippen LogP contribution in [-0.2, 0) is 17.6 Å². The topological polar surface area (TPSA) is 61.4 Å². The lowest BCUT2D eigenvalue weighted by atomic mass is 9.89. The normalized spacial score (nSPS) is 14.0. The molecule has 0 atom stereocenters. The fraction of sp³-hybridized carbons (Fsp3) is 0.355. The Morgan fingerprint density at radius 3 is 2.32 bits per heavy atom. The summed E-state index contributed by atoms with van der Waals surface area (Å²) in [4.78, 5) is 28.1. The standard InChI is InChI=1S/C31H36FN3O2/c1-22(2)21-33-31(37)28-20-27(34-30(36)19-24-8-10-26(32)11-9-24)12-13-29(28)35-16-14-25(15-17-35)18-23-6-4-3-5-7-23/h3-13,20,22,25H,14-19,21H2,1-2H3,(H,33,37)(H,34,36). The molecular formula is C31H36FN3O2. The second kappa shape index (κ2) is 12.5. The third-order valence-electron chi connectivity index (χ3n) is 6.80. The van der Waals surface area contributed by atoms with E-state index >= 15 is 0 Å². The van der Waals surface area contributed by atoms with Gasteiger partial charge in [0.1, 0.15) is 5.82 Å². The summed E-state index contributed by atoms with van der Waals surface area (Å²) in [5.41, 5.74) is 4.14. The van der Waals surface area contributed by atoms with Crippen LogP contribution in [0.1, 0.15) is 48.2 Å². The van der Waals surface area contributed by atoms with E-state index in [1.807, 2.05) is 18.2 Å². The molecule has 1 heterocycles. The van der Waals surface area contributed by atoms with Gasteiger partial charge in [-0.3, -0.25) is 9.59 Å². The van der Waals surface area contributed by atoms with Gasteiger partial charge in [0.25, 0.3) is 5.91 Å². The van der Waals surface area contributed by atoms with Crippen molar-refractivity contribution in [3.8, 4) is 0 Å². The van der Waals surface area contributed by atoms with Gasteiger partial charge in [-0.05, 0) is 72.6 Å². The van der Waals surface area contributed by atoms with Crippen LogP contribution in [0.15, 0.2) is 72.8 Å². The van der Waals surface area contributed by atoms with Crippen molar-refractivity contribution in [2.45, 2.75) is 39.5 Å². The molecule has 0 radical (unpaired) electrons. The molecule has 1 saturated heterocycles. The molecule has 0 aliphatic carbocycles. The predicted octanol–water partition coefficient (Wildman–Crippen LogP) is 5.85. The third-order valence-corrected chi connectivity index (χ3v) is 6.80. The highest BCUT2D eigenvalue weighted by Gasteiger charge is 2.24. The molecule has 0 spiro atoms. The minimum atomic E-state index is -0.333. The van der Waals surface area contributed by atoms with Crippen molar-refractivity contribution in [2.24, 2.45) is 11.8 Å². The van der Waals surface area contributed by atoms with E-state index in [0.29, 0.717) is 29.6 Å². The number of nitrogens with one attached hydrogen (secondary N) is 2. The zero-order valence-corrected chi connectivity index (χ0v) is 21.7. The molecule has 1 aliphatic heterocycles.